The number of pyridine rings is 1. The van der Waals surface area contributed by atoms with Crippen molar-refractivity contribution < 1.29 is 14.6 Å². The molecule has 4 nitrogen and oxygen atoms in total. The van der Waals surface area contributed by atoms with Gasteiger partial charge in [-0.25, -0.2) is 0 Å². The van der Waals surface area contributed by atoms with E-state index < -0.39 is 6.10 Å². The first-order chi connectivity index (χ1) is 9.69. The van der Waals surface area contributed by atoms with Crippen LogP contribution in [-0.2, 0) is 9.47 Å². The molecule has 0 amide bonds. The molecule has 110 valence electrons. The number of aliphatic hydroxyl groups is 1. The van der Waals surface area contributed by atoms with Crippen LogP contribution in [0.5, 0.6) is 0 Å². The molecule has 2 unspecified atom stereocenters. The zero-order chi connectivity index (χ0) is 14.0. The maximum atomic E-state index is 10.6. The fourth-order valence-electron chi connectivity index (χ4n) is 3.23. The van der Waals surface area contributed by atoms with Crippen molar-refractivity contribution in [3.63, 3.8) is 0 Å². The Hall–Kier alpha value is -0.680. The minimum atomic E-state index is -0.545. The van der Waals surface area contributed by atoms with Gasteiger partial charge in [-0.05, 0) is 43.7 Å². The Kier molecular flexibility index (Phi) is 4.26. The highest BCUT2D eigenvalue weighted by atomic mass is 35.5. The average Bonchev–Trinajstić information content (AvgIpc) is 2.48. The standard InChI is InChI=1S/C15H20ClNO3/c16-12-1-2-13(17-10-12)14(18)11-3-6-20-15(9-11)4-7-19-8-5-15/h1-2,10-11,14,18H,3-9H2. The van der Waals surface area contributed by atoms with Gasteiger partial charge in [0.2, 0.25) is 0 Å². The van der Waals surface area contributed by atoms with Crippen LogP contribution in [0.15, 0.2) is 18.3 Å². The van der Waals surface area contributed by atoms with Crippen molar-refractivity contribution in [3.8, 4) is 0 Å². The predicted molar refractivity (Wildman–Crippen MR) is 75.7 cm³/mol. The molecule has 5 heteroatoms. The van der Waals surface area contributed by atoms with Gasteiger partial charge in [0, 0.05) is 26.0 Å². The van der Waals surface area contributed by atoms with Crippen molar-refractivity contribution in [1.29, 1.82) is 0 Å². The smallest absolute Gasteiger partial charge is 0.0989 e. The highest BCUT2D eigenvalue weighted by Crippen LogP contribution is 2.41. The minimum Gasteiger partial charge on any atom is -0.387 e. The highest BCUT2D eigenvalue weighted by Gasteiger charge is 2.41. The van der Waals surface area contributed by atoms with Crippen LogP contribution in [0.1, 0.15) is 37.5 Å². The number of rotatable bonds is 2. The Balaban J connectivity index is 1.71. The van der Waals surface area contributed by atoms with E-state index in [1.165, 1.54) is 0 Å². The molecule has 2 fully saturated rings. The molecule has 0 aromatic carbocycles. The molecule has 0 bridgehead atoms. The zero-order valence-corrected chi connectivity index (χ0v) is 12.2. The van der Waals surface area contributed by atoms with E-state index in [2.05, 4.69) is 4.98 Å². The number of hydrogen-bond acceptors (Lipinski definition) is 4. The van der Waals surface area contributed by atoms with Gasteiger partial charge >= 0.3 is 0 Å². The van der Waals surface area contributed by atoms with Crippen LogP contribution < -0.4 is 0 Å². The van der Waals surface area contributed by atoms with Crippen molar-refractivity contribution in [3.05, 3.63) is 29.0 Å². The Morgan fingerprint density at radius 3 is 2.80 bits per heavy atom. The van der Waals surface area contributed by atoms with Gasteiger partial charge in [0.05, 0.1) is 22.4 Å². The monoisotopic (exact) mass is 297 g/mol. The summed E-state index contributed by atoms with van der Waals surface area (Å²) in [6, 6.07) is 3.58. The molecular weight excluding hydrogens is 278 g/mol. The molecule has 0 radical (unpaired) electrons. The normalized spacial score (nSPS) is 27.4. The van der Waals surface area contributed by atoms with E-state index in [0.29, 0.717) is 17.3 Å². The number of aromatic nitrogens is 1. The lowest BCUT2D eigenvalue weighted by molar-refractivity contribution is -0.159. The quantitative estimate of drug-likeness (QED) is 0.912. The van der Waals surface area contributed by atoms with Gasteiger partial charge in [0.1, 0.15) is 0 Å². The first-order valence-corrected chi connectivity index (χ1v) is 7.58. The number of aliphatic hydroxyl groups excluding tert-OH is 1. The van der Waals surface area contributed by atoms with Gasteiger partial charge in [-0.3, -0.25) is 4.98 Å². The van der Waals surface area contributed by atoms with Crippen LogP contribution in [0.2, 0.25) is 5.02 Å². The van der Waals surface area contributed by atoms with Crippen LogP contribution >= 0.6 is 11.6 Å². The third kappa shape index (κ3) is 2.98. The molecule has 3 heterocycles. The van der Waals surface area contributed by atoms with Crippen LogP contribution in [0.25, 0.3) is 0 Å². The summed E-state index contributed by atoms with van der Waals surface area (Å²) in [6.45, 7) is 2.21. The lowest BCUT2D eigenvalue weighted by atomic mass is 9.78. The van der Waals surface area contributed by atoms with Gasteiger partial charge in [-0.1, -0.05) is 11.6 Å². The van der Waals surface area contributed by atoms with E-state index in [1.807, 2.05) is 0 Å². The van der Waals surface area contributed by atoms with E-state index in [-0.39, 0.29) is 11.5 Å². The maximum Gasteiger partial charge on any atom is 0.0989 e. The second-order valence-electron chi connectivity index (χ2n) is 5.74. The maximum absolute atomic E-state index is 10.6. The first-order valence-electron chi connectivity index (χ1n) is 7.20. The number of halogens is 1. The Bertz CT molecular complexity index is 439. The Morgan fingerprint density at radius 1 is 1.30 bits per heavy atom. The number of hydrogen-bond donors (Lipinski definition) is 1. The fourth-order valence-corrected chi connectivity index (χ4v) is 3.34. The molecule has 1 spiro atoms. The summed E-state index contributed by atoms with van der Waals surface area (Å²) in [5.74, 6) is 0.190. The van der Waals surface area contributed by atoms with Crippen molar-refractivity contribution >= 4 is 11.6 Å². The van der Waals surface area contributed by atoms with E-state index in [4.69, 9.17) is 21.1 Å². The fraction of sp³-hybridized carbons (Fsp3) is 0.667. The Morgan fingerprint density at radius 2 is 2.10 bits per heavy atom. The molecule has 2 atom stereocenters. The molecule has 1 N–H and O–H groups in total. The van der Waals surface area contributed by atoms with Gasteiger partial charge in [0.25, 0.3) is 0 Å². The molecule has 0 saturated carbocycles. The summed E-state index contributed by atoms with van der Waals surface area (Å²) < 4.78 is 11.4. The van der Waals surface area contributed by atoms with Gasteiger partial charge < -0.3 is 14.6 Å². The highest BCUT2D eigenvalue weighted by molar-refractivity contribution is 6.30. The molecule has 3 rings (SSSR count). The summed E-state index contributed by atoms with van der Waals surface area (Å²) in [4.78, 5) is 4.24. The third-order valence-corrected chi connectivity index (χ3v) is 4.66. The summed E-state index contributed by atoms with van der Waals surface area (Å²) in [7, 11) is 0. The molecule has 2 saturated heterocycles. The second kappa shape index (κ2) is 5.98. The number of ether oxygens (including phenoxy) is 2. The van der Waals surface area contributed by atoms with E-state index >= 15 is 0 Å². The largest absolute Gasteiger partial charge is 0.387 e. The minimum absolute atomic E-state index is 0.103. The summed E-state index contributed by atoms with van der Waals surface area (Å²) >= 11 is 5.84. The molecule has 2 aliphatic heterocycles. The van der Waals surface area contributed by atoms with Gasteiger partial charge in [0.15, 0.2) is 0 Å². The second-order valence-corrected chi connectivity index (χ2v) is 6.18. The molecule has 0 aliphatic carbocycles. The van der Waals surface area contributed by atoms with Crippen LogP contribution in [0, 0.1) is 5.92 Å². The van der Waals surface area contributed by atoms with Crippen LogP contribution in [0.4, 0.5) is 0 Å². The first kappa shape index (κ1) is 14.3. The van der Waals surface area contributed by atoms with E-state index in [0.717, 1.165) is 38.9 Å². The third-order valence-electron chi connectivity index (χ3n) is 4.43. The zero-order valence-electron chi connectivity index (χ0n) is 11.4. The topological polar surface area (TPSA) is 51.6 Å². The number of nitrogens with zero attached hydrogens (tertiary/aromatic N) is 1. The lowest BCUT2D eigenvalue weighted by Gasteiger charge is -2.44. The van der Waals surface area contributed by atoms with Crippen molar-refractivity contribution in [2.24, 2.45) is 5.92 Å². The SMILES string of the molecule is OC(c1ccc(Cl)cn1)C1CCOC2(CCOCC2)C1. The average molecular weight is 298 g/mol. The Labute approximate surface area is 124 Å². The molecule has 2 aliphatic rings. The molecular formula is C15H20ClNO3. The van der Waals surface area contributed by atoms with Gasteiger partial charge in [-0.15, -0.1) is 0 Å². The molecule has 1 aromatic rings. The van der Waals surface area contributed by atoms with E-state index in [9.17, 15) is 5.11 Å². The van der Waals surface area contributed by atoms with Crippen LogP contribution in [0.3, 0.4) is 0 Å². The summed E-state index contributed by atoms with van der Waals surface area (Å²) in [5.41, 5.74) is 0.595. The summed E-state index contributed by atoms with van der Waals surface area (Å²) in [5, 5.41) is 11.1. The van der Waals surface area contributed by atoms with Crippen LogP contribution in [-0.4, -0.2) is 35.5 Å². The predicted octanol–water partition coefficient (Wildman–Crippen LogP) is 2.74. The lowest BCUT2D eigenvalue weighted by Crippen LogP contribution is -2.45. The van der Waals surface area contributed by atoms with Crippen molar-refractivity contribution in [2.75, 3.05) is 19.8 Å². The summed E-state index contributed by atoms with van der Waals surface area (Å²) in [6.07, 6.45) is 4.63. The molecule has 20 heavy (non-hydrogen) atoms. The van der Waals surface area contributed by atoms with E-state index in [1.54, 1.807) is 18.3 Å². The van der Waals surface area contributed by atoms with Crippen molar-refractivity contribution in [2.45, 2.75) is 37.4 Å². The van der Waals surface area contributed by atoms with Gasteiger partial charge in [-0.2, -0.15) is 0 Å². The molecule has 1 aromatic heterocycles. The van der Waals surface area contributed by atoms with Crippen molar-refractivity contribution in [1.82, 2.24) is 4.98 Å².